The molecule has 314 valence electrons. The lowest BCUT2D eigenvalue weighted by Crippen LogP contribution is -1.93. The fourth-order valence-electron chi connectivity index (χ4n) is 11.6. The molecule has 0 fully saturated rings. The Hall–Kier alpha value is -7.44. The summed E-state index contributed by atoms with van der Waals surface area (Å²) in [7, 11) is 0. The van der Waals surface area contributed by atoms with Crippen LogP contribution in [0.15, 0.2) is 206 Å². The van der Waals surface area contributed by atoms with E-state index in [2.05, 4.69) is 206 Å². The zero-order chi connectivity index (χ0) is 44.2. The molecule has 4 aromatic heterocycles. The first-order valence-electron chi connectivity index (χ1n) is 23.1. The topological polar surface area (TPSA) is 0 Å². The molecule has 0 nitrogen and oxygen atoms in total. The molecule has 12 aromatic carbocycles. The largest absolute Gasteiger partial charge is 0.135 e. The predicted molar refractivity (Wildman–Crippen MR) is 304 cm³/mol. The summed E-state index contributed by atoms with van der Waals surface area (Å²) in [4.78, 5) is 0. The van der Waals surface area contributed by atoms with Crippen molar-refractivity contribution in [3.05, 3.63) is 206 Å². The lowest BCUT2D eigenvalue weighted by Gasteiger charge is -2.20. The van der Waals surface area contributed by atoms with Crippen LogP contribution in [0.25, 0.3) is 157 Å². The molecule has 16 rings (SSSR count). The molecule has 0 atom stereocenters. The molecule has 0 N–H and O–H groups in total. The molecule has 4 heteroatoms. The van der Waals surface area contributed by atoms with E-state index in [0.717, 1.165) is 0 Å². The maximum Gasteiger partial charge on any atom is 0.0440 e. The van der Waals surface area contributed by atoms with Crippen molar-refractivity contribution < 1.29 is 0 Å². The van der Waals surface area contributed by atoms with Gasteiger partial charge in [0.2, 0.25) is 0 Å². The van der Waals surface area contributed by atoms with Crippen LogP contribution in [0.3, 0.4) is 0 Å². The Morgan fingerprint density at radius 3 is 1.06 bits per heavy atom. The third kappa shape index (κ3) is 5.23. The van der Waals surface area contributed by atoms with Gasteiger partial charge in [0.25, 0.3) is 0 Å². The van der Waals surface area contributed by atoms with Crippen LogP contribution in [-0.2, 0) is 0 Å². The highest BCUT2D eigenvalue weighted by Gasteiger charge is 2.23. The number of hydrogen-bond acceptors (Lipinski definition) is 4. The van der Waals surface area contributed by atoms with Crippen molar-refractivity contribution in [3.8, 4) is 33.4 Å². The molecule has 0 aliphatic heterocycles. The molecule has 0 saturated heterocycles. The second-order valence-electron chi connectivity index (χ2n) is 18.2. The maximum absolute atomic E-state index is 2.56. The first-order valence-corrected chi connectivity index (χ1v) is 26.4. The van der Waals surface area contributed by atoms with Gasteiger partial charge >= 0.3 is 0 Å². The summed E-state index contributed by atoms with van der Waals surface area (Å²) in [6.07, 6.45) is 0. The minimum Gasteiger partial charge on any atom is -0.135 e. The molecule has 0 spiro atoms. The van der Waals surface area contributed by atoms with Crippen molar-refractivity contribution in [2.45, 2.75) is 0 Å². The van der Waals surface area contributed by atoms with Gasteiger partial charge in [0.1, 0.15) is 0 Å². The molecule has 16 aromatic rings. The Morgan fingerprint density at radius 1 is 0.206 bits per heavy atom. The summed E-state index contributed by atoms with van der Waals surface area (Å²) >= 11 is 7.63. The molecular formula is C64H34S4. The van der Waals surface area contributed by atoms with Crippen molar-refractivity contribution in [2.24, 2.45) is 0 Å². The Balaban J connectivity index is 1.11. The number of hydrogen-bond donors (Lipinski definition) is 0. The molecule has 0 aliphatic rings. The van der Waals surface area contributed by atoms with E-state index >= 15 is 0 Å². The third-order valence-electron chi connectivity index (χ3n) is 14.6. The first-order chi connectivity index (χ1) is 33.7. The minimum absolute atomic E-state index is 1.23. The molecule has 0 bridgehead atoms. The number of rotatable bonds is 3. The van der Waals surface area contributed by atoms with E-state index in [1.54, 1.807) is 0 Å². The van der Waals surface area contributed by atoms with E-state index in [9.17, 15) is 0 Å². The predicted octanol–water partition coefficient (Wildman–Crippen LogP) is 20.8. The standard InChI is InChI=1S/C64H34S4/c1-2-12-35(13-3-1)60-52-32-46(36-22-28-58-50(30-36)40-16-6-8-18-54(40)65-58)61-42(24-26-44-38-14-4-10-20-56(38)67-63(44)61)48(52)34-49-43-25-27-45-39-15-5-11-21-57(39)68-64(45)62(43)47(33-53(49)60)37-23-29-59-51(31-37)41-17-7-9-19-55(41)66-59/h1-34H. The molecule has 68 heavy (non-hydrogen) atoms. The van der Waals surface area contributed by atoms with E-state index < -0.39 is 0 Å². The van der Waals surface area contributed by atoms with Crippen molar-refractivity contribution in [1.29, 1.82) is 0 Å². The Morgan fingerprint density at radius 2 is 0.588 bits per heavy atom. The zero-order valence-electron chi connectivity index (χ0n) is 36.3. The Bertz CT molecular complexity index is 4560. The smallest absolute Gasteiger partial charge is 0.0440 e. The van der Waals surface area contributed by atoms with Crippen molar-refractivity contribution in [3.63, 3.8) is 0 Å². The first kappa shape index (κ1) is 37.6. The lowest BCUT2D eigenvalue weighted by molar-refractivity contribution is 1.68. The second kappa shape index (κ2) is 14.1. The van der Waals surface area contributed by atoms with Gasteiger partial charge in [0.15, 0.2) is 0 Å². The van der Waals surface area contributed by atoms with E-state index in [0.29, 0.717) is 0 Å². The average Bonchev–Trinajstić information content (AvgIpc) is 4.17. The summed E-state index contributed by atoms with van der Waals surface area (Å²) in [5.74, 6) is 0. The van der Waals surface area contributed by atoms with Crippen LogP contribution >= 0.6 is 45.3 Å². The summed E-state index contributed by atoms with van der Waals surface area (Å²) < 4.78 is 10.6. The van der Waals surface area contributed by atoms with Crippen LogP contribution in [0.5, 0.6) is 0 Å². The summed E-state index contributed by atoms with van der Waals surface area (Å²) in [5.41, 5.74) is 7.56. The molecule has 4 heterocycles. The van der Waals surface area contributed by atoms with Crippen LogP contribution in [0.2, 0.25) is 0 Å². The molecule has 0 unspecified atom stereocenters. The van der Waals surface area contributed by atoms with Crippen LogP contribution in [0, 0.1) is 0 Å². The van der Waals surface area contributed by atoms with Crippen molar-refractivity contribution >= 4 is 169 Å². The summed E-state index contributed by atoms with van der Waals surface area (Å²) in [6, 6.07) is 78.6. The summed E-state index contributed by atoms with van der Waals surface area (Å²) in [6.45, 7) is 0. The molecule has 0 radical (unpaired) electrons. The fourth-order valence-corrected chi connectivity index (χ4v) is 16.3. The minimum atomic E-state index is 1.23. The third-order valence-corrected chi connectivity index (χ3v) is 19.3. The SMILES string of the molecule is c1ccc(-c2c3cc(-c4ccc5sc6ccccc6c5c4)c4c(ccc5c6ccccc6sc54)c3cc3c2cc(-c2ccc4sc5ccccc5c4c2)c2c3ccc3c4ccccc4sc32)cc1. The highest BCUT2D eigenvalue weighted by molar-refractivity contribution is 7.27. The van der Waals surface area contributed by atoms with E-state index in [-0.39, 0.29) is 0 Å². The second-order valence-corrected chi connectivity index (χ2v) is 22.5. The lowest BCUT2D eigenvalue weighted by atomic mass is 9.83. The summed E-state index contributed by atoms with van der Waals surface area (Å²) in [5, 5.41) is 20.9. The number of benzene rings is 12. The van der Waals surface area contributed by atoms with Gasteiger partial charge in [-0.05, 0) is 132 Å². The maximum atomic E-state index is 2.56. The molecule has 0 aliphatic carbocycles. The Labute approximate surface area is 405 Å². The van der Waals surface area contributed by atoms with Gasteiger partial charge in [-0.2, -0.15) is 0 Å². The Kier molecular flexibility index (Phi) is 7.78. The zero-order valence-corrected chi connectivity index (χ0v) is 39.5. The quantitative estimate of drug-likeness (QED) is 0.122. The average molecular weight is 931 g/mol. The highest BCUT2D eigenvalue weighted by Crippen LogP contribution is 2.52. The number of thiophene rings is 4. The van der Waals surface area contributed by atoms with E-state index in [1.807, 2.05) is 45.3 Å². The van der Waals surface area contributed by atoms with E-state index in [1.165, 1.54) is 157 Å². The highest BCUT2D eigenvalue weighted by atomic mass is 32.1. The molecular weight excluding hydrogens is 897 g/mol. The monoisotopic (exact) mass is 930 g/mol. The molecule has 0 amide bonds. The van der Waals surface area contributed by atoms with Gasteiger partial charge in [-0.25, -0.2) is 0 Å². The number of fused-ring (bicyclic) bond motifs is 20. The van der Waals surface area contributed by atoms with Gasteiger partial charge in [0, 0.05) is 91.5 Å². The van der Waals surface area contributed by atoms with Crippen molar-refractivity contribution in [1.82, 2.24) is 0 Å². The normalized spacial score (nSPS) is 12.4. The van der Waals surface area contributed by atoms with Crippen molar-refractivity contribution in [2.75, 3.05) is 0 Å². The molecule has 0 saturated carbocycles. The fraction of sp³-hybridized carbons (Fsp3) is 0. The van der Waals surface area contributed by atoms with Crippen LogP contribution in [0.1, 0.15) is 0 Å². The van der Waals surface area contributed by atoms with Gasteiger partial charge in [-0.3, -0.25) is 0 Å². The van der Waals surface area contributed by atoms with E-state index in [4.69, 9.17) is 0 Å². The van der Waals surface area contributed by atoms with Gasteiger partial charge in [-0.1, -0.05) is 140 Å². The van der Waals surface area contributed by atoms with Gasteiger partial charge < -0.3 is 0 Å². The van der Waals surface area contributed by atoms with Crippen LogP contribution < -0.4 is 0 Å². The van der Waals surface area contributed by atoms with Gasteiger partial charge in [0.05, 0.1) is 0 Å². The van der Waals surface area contributed by atoms with Crippen LogP contribution in [0.4, 0.5) is 0 Å². The van der Waals surface area contributed by atoms with Gasteiger partial charge in [-0.15, -0.1) is 45.3 Å². The van der Waals surface area contributed by atoms with Crippen LogP contribution in [-0.4, -0.2) is 0 Å².